The minimum absolute atomic E-state index is 0.730. The topological polar surface area (TPSA) is 38.7 Å². The van der Waals surface area contributed by atoms with Crippen molar-refractivity contribution in [2.24, 2.45) is 0 Å². The lowest BCUT2D eigenvalue weighted by molar-refractivity contribution is 0.952. The summed E-state index contributed by atoms with van der Waals surface area (Å²) < 4.78 is 3.26. The van der Waals surface area contributed by atoms with E-state index >= 15 is 0 Å². The number of fused-ring (bicyclic) bond motifs is 3. The molecule has 102 valence electrons. The van der Waals surface area contributed by atoms with Gasteiger partial charge in [-0.15, -0.1) is 11.3 Å². The van der Waals surface area contributed by atoms with Gasteiger partial charge in [-0.3, -0.25) is 0 Å². The molecule has 2 aromatic heterocycles. The molecule has 0 atom stereocenters. The highest BCUT2D eigenvalue weighted by molar-refractivity contribution is 14.1. The third kappa shape index (κ3) is 2.20. The van der Waals surface area contributed by atoms with E-state index in [2.05, 4.69) is 80.0 Å². The van der Waals surface area contributed by atoms with Gasteiger partial charge < -0.3 is 0 Å². The van der Waals surface area contributed by atoms with E-state index in [1.54, 1.807) is 11.3 Å². The second kappa shape index (κ2) is 4.99. The van der Waals surface area contributed by atoms with Gasteiger partial charge in [-0.1, -0.05) is 30.3 Å². The van der Waals surface area contributed by atoms with Crippen LogP contribution in [0.1, 0.15) is 5.82 Å². The maximum atomic E-state index is 4.50. The Kier molecular flexibility index (Phi) is 3.11. The van der Waals surface area contributed by atoms with Crippen molar-refractivity contribution in [1.29, 1.82) is 0 Å². The summed E-state index contributed by atoms with van der Waals surface area (Å²) in [5.41, 5.74) is 1.08. The molecule has 0 aliphatic heterocycles. The molecule has 0 N–H and O–H groups in total. The maximum Gasteiger partial charge on any atom is 0.194 e. The molecule has 0 bridgehead atoms. The van der Waals surface area contributed by atoms with Crippen molar-refractivity contribution in [2.75, 3.05) is 0 Å². The number of nitrogens with zero attached hydrogens (tertiary/aromatic N) is 3. The van der Waals surface area contributed by atoms with Crippen LogP contribution in [0.3, 0.4) is 0 Å². The fraction of sp³-hybridized carbons (Fsp3) is 0.0625. The standard InChI is InChI=1S/C16H10IN3S/c1-9-18-15(20-16(17)19-9)12-7-4-6-11-10-5-2-3-8-13(10)21-14(11)12/h2-8H,1H3. The average molecular weight is 403 g/mol. The zero-order chi connectivity index (χ0) is 14.4. The SMILES string of the molecule is Cc1nc(I)nc(-c2cccc3c2sc2ccccc23)n1. The monoisotopic (exact) mass is 403 g/mol. The Morgan fingerprint density at radius 1 is 0.905 bits per heavy atom. The summed E-state index contributed by atoms with van der Waals surface area (Å²) in [6.45, 7) is 1.90. The molecule has 21 heavy (non-hydrogen) atoms. The number of hydrogen-bond donors (Lipinski definition) is 0. The van der Waals surface area contributed by atoms with Crippen molar-refractivity contribution in [1.82, 2.24) is 15.0 Å². The molecule has 2 heterocycles. The predicted molar refractivity (Wildman–Crippen MR) is 95.6 cm³/mol. The first-order chi connectivity index (χ1) is 10.2. The summed E-state index contributed by atoms with van der Waals surface area (Å²) in [7, 11) is 0. The van der Waals surface area contributed by atoms with E-state index in [1.807, 2.05) is 6.92 Å². The molecule has 0 spiro atoms. The van der Waals surface area contributed by atoms with Crippen molar-refractivity contribution in [2.45, 2.75) is 6.92 Å². The number of rotatable bonds is 1. The van der Waals surface area contributed by atoms with Crippen LogP contribution in [0.15, 0.2) is 42.5 Å². The van der Waals surface area contributed by atoms with Crippen LogP contribution >= 0.6 is 33.9 Å². The molecule has 0 saturated carbocycles. The molecule has 0 aliphatic rings. The highest BCUT2D eigenvalue weighted by atomic mass is 127. The minimum Gasteiger partial charge on any atom is -0.213 e. The Hall–Kier alpha value is -1.60. The van der Waals surface area contributed by atoms with Crippen molar-refractivity contribution < 1.29 is 0 Å². The van der Waals surface area contributed by atoms with Gasteiger partial charge in [0.1, 0.15) is 5.82 Å². The molecular formula is C16H10IN3S. The van der Waals surface area contributed by atoms with E-state index in [-0.39, 0.29) is 0 Å². The fourth-order valence-corrected chi connectivity index (χ4v) is 4.28. The maximum absolute atomic E-state index is 4.50. The molecule has 0 unspecified atom stereocenters. The first-order valence-corrected chi connectivity index (χ1v) is 8.41. The van der Waals surface area contributed by atoms with Gasteiger partial charge in [0.05, 0.1) is 0 Å². The normalized spacial score (nSPS) is 11.3. The summed E-state index contributed by atoms with van der Waals surface area (Å²) in [4.78, 5) is 13.3. The van der Waals surface area contributed by atoms with E-state index in [4.69, 9.17) is 0 Å². The lowest BCUT2D eigenvalue weighted by atomic mass is 10.1. The van der Waals surface area contributed by atoms with Gasteiger partial charge in [-0.25, -0.2) is 15.0 Å². The van der Waals surface area contributed by atoms with Gasteiger partial charge in [-0.05, 0) is 19.1 Å². The number of halogens is 1. The summed E-state index contributed by atoms with van der Waals surface area (Å²) >= 11 is 3.93. The molecule has 0 aliphatic carbocycles. The summed E-state index contributed by atoms with van der Waals surface area (Å²) in [6, 6.07) is 14.8. The van der Waals surface area contributed by atoms with Gasteiger partial charge in [0, 0.05) is 48.3 Å². The Balaban J connectivity index is 2.09. The summed E-state index contributed by atoms with van der Waals surface area (Å²) in [5.74, 6) is 1.51. The van der Waals surface area contributed by atoms with Crippen LogP contribution < -0.4 is 0 Å². The molecule has 3 nitrogen and oxygen atoms in total. The molecule has 0 saturated heterocycles. The van der Waals surface area contributed by atoms with Crippen LogP contribution in [0.25, 0.3) is 31.6 Å². The third-order valence-electron chi connectivity index (χ3n) is 3.37. The van der Waals surface area contributed by atoms with Crippen molar-refractivity contribution >= 4 is 54.1 Å². The largest absolute Gasteiger partial charge is 0.213 e. The van der Waals surface area contributed by atoms with Gasteiger partial charge in [0.15, 0.2) is 9.66 Å². The molecule has 4 aromatic rings. The quantitative estimate of drug-likeness (QED) is 0.428. The van der Waals surface area contributed by atoms with Crippen LogP contribution in [0.2, 0.25) is 0 Å². The van der Waals surface area contributed by atoms with Crippen LogP contribution in [0.5, 0.6) is 0 Å². The predicted octanol–water partition coefficient (Wildman–Crippen LogP) is 4.82. The molecule has 4 rings (SSSR count). The zero-order valence-electron chi connectivity index (χ0n) is 11.2. The second-order valence-corrected chi connectivity index (χ2v) is 6.77. The Morgan fingerprint density at radius 3 is 2.57 bits per heavy atom. The number of thiophene rings is 1. The first kappa shape index (κ1) is 13.1. The molecule has 2 aromatic carbocycles. The van der Waals surface area contributed by atoms with E-state index in [1.165, 1.54) is 20.2 Å². The van der Waals surface area contributed by atoms with Gasteiger partial charge >= 0.3 is 0 Å². The van der Waals surface area contributed by atoms with E-state index in [0.29, 0.717) is 0 Å². The van der Waals surface area contributed by atoms with Gasteiger partial charge in [0.2, 0.25) is 0 Å². The molecule has 0 amide bonds. The number of aryl methyl sites for hydroxylation is 1. The smallest absolute Gasteiger partial charge is 0.194 e. The zero-order valence-corrected chi connectivity index (χ0v) is 14.1. The highest BCUT2D eigenvalue weighted by Gasteiger charge is 2.12. The molecule has 5 heteroatoms. The first-order valence-electron chi connectivity index (χ1n) is 6.51. The third-order valence-corrected chi connectivity index (χ3v) is 5.07. The lowest BCUT2D eigenvalue weighted by Gasteiger charge is -2.03. The summed E-state index contributed by atoms with van der Waals surface area (Å²) in [5, 5.41) is 2.56. The van der Waals surface area contributed by atoms with E-state index in [0.717, 1.165) is 21.0 Å². The van der Waals surface area contributed by atoms with Gasteiger partial charge in [-0.2, -0.15) is 0 Å². The molecule has 0 fully saturated rings. The Bertz CT molecular complexity index is 958. The lowest BCUT2D eigenvalue weighted by Crippen LogP contribution is -1.98. The van der Waals surface area contributed by atoms with Crippen molar-refractivity contribution in [3.63, 3.8) is 0 Å². The van der Waals surface area contributed by atoms with E-state index in [9.17, 15) is 0 Å². The van der Waals surface area contributed by atoms with Gasteiger partial charge in [0.25, 0.3) is 0 Å². The second-order valence-electron chi connectivity index (χ2n) is 4.76. The number of hydrogen-bond acceptors (Lipinski definition) is 4. The number of aromatic nitrogens is 3. The Labute approximate surface area is 139 Å². The highest BCUT2D eigenvalue weighted by Crippen LogP contribution is 2.38. The van der Waals surface area contributed by atoms with Crippen LogP contribution in [-0.4, -0.2) is 15.0 Å². The Morgan fingerprint density at radius 2 is 1.71 bits per heavy atom. The summed E-state index contributed by atoms with van der Waals surface area (Å²) in [6.07, 6.45) is 0. The van der Waals surface area contributed by atoms with Crippen LogP contribution in [0.4, 0.5) is 0 Å². The number of benzene rings is 2. The minimum atomic E-state index is 0.730. The van der Waals surface area contributed by atoms with Crippen molar-refractivity contribution in [3.05, 3.63) is 52.1 Å². The average Bonchev–Trinajstić information content (AvgIpc) is 2.84. The van der Waals surface area contributed by atoms with Crippen molar-refractivity contribution in [3.8, 4) is 11.4 Å². The fourth-order valence-electron chi connectivity index (χ4n) is 2.49. The van der Waals surface area contributed by atoms with E-state index < -0.39 is 0 Å². The molecule has 0 radical (unpaired) electrons. The molecular weight excluding hydrogens is 393 g/mol. The van der Waals surface area contributed by atoms with Crippen LogP contribution in [0, 0.1) is 10.8 Å². The van der Waals surface area contributed by atoms with Crippen LogP contribution in [-0.2, 0) is 0 Å².